The highest BCUT2D eigenvalue weighted by Crippen LogP contribution is 2.24. The first-order valence-corrected chi connectivity index (χ1v) is 8.65. The lowest BCUT2D eigenvalue weighted by Crippen LogP contribution is -2.02. The third kappa shape index (κ3) is 4.83. The number of ether oxygens (including phenoxy) is 1. The van der Waals surface area contributed by atoms with E-state index in [0.717, 1.165) is 5.56 Å². The van der Waals surface area contributed by atoms with Crippen molar-refractivity contribution in [2.45, 2.75) is 36.5 Å². The lowest BCUT2D eigenvalue weighted by molar-refractivity contribution is 0.414. The summed E-state index contributed by atoms with van der Waals surface area (Å²) in [5.41, 5.74) is 1.12. The zero-order chi connectivity index (χ0) is 17.5. The van der Waals surface area contributed by atoms with E-state index >= 15 is 0 Å². The van der Waals surface area contributed by atoms with Crippen LogP contribution in [0, 0.1) is 11.3 Å². The van der Waals surface area contributed by atoms with Crippen molar-refractivity contribution in [1.29, 1.82) is 5.26 Å². The minimum atomic E-state index is -3.46. The van der Waals surface area contributed by atoms with Crippen molar-refractivity contribution >= 4 is 9.84 Å². The Bertz CT molecular complexity index is 755. The van der Waals surface area contributed by atoms with E-state index in [-0.39, 0.29) is 4.90 Å². The molecule has 122 valence electrons. The highest BCUT2D eigenvalue weighted by atomic mass is 32.2. The molecule has 0 saturated heterocycles. The molecule has 0 bridgehead atoms. The van der Waals surface area contributed by atoms with E-state index < -0.39 is 9.84 Å². The summed E-state index contributed by atoms with van der Waals surface area (Å²) in [7, 11) is -1.91. The molecule has 23 heavy (non-hydrogen) atoms. The molecule has 0 unspecified atom stereocenters. The molecule has 0 saturated carbocycles. The maximum atomic E-state index is 12.5. The molecule has 0 radical (unpaired) electrons. The summed E-state index contributed by atoms with van der Waals surface area (Å²) in [6.45, 7) is 5.58. The van der Waals surface area contributed by atoms with Crippen molar-refractivity contribution in [3.05, 3.63) is 54.1 Å². The van der Waals surface area contributed by atoms with Crippen molar-refractivity contribution in [3.63, 3.8) is 0 Å². The van der Waals surface area contributed by atoms with Gasteiger partial charge in [-0.1, -0.05) is 26.0 Å². The van der Waals surface area contributed by atoms with Gasteiger partial charge in [0.1, 0.15) is 5.75 Å². The van der Waals surface area contributed by atoms with E-state index in [9.17, 15) is 8.42 Å². The number of methoxy groups -OCH3 is 1. The number of hydrogen-bond acceptors (Lipinski definition) is 4. The van der Waals surface area contributed by atoms with Crippen LogP contribution < -0.4 is 4.74 Å². The maximum Gasteiger partial charge on any atom is 0.206 e. The van der Waals surface area contributed by atoms with Crippen LogP contribution in [0.2, 0.25) is 0 Å². The van der Waals surface area contributed by atoms with Gasteiger partial charge in [-0.15, -0.1) is 0 Å². The number of nitrogens with zero attached hydrogens (tertiary/aromatic N) is 1. The summed E-state index contributed by atoms with van der Waals surface area (Å²) in [6, 6.07) is 15.2. The molecular formula is C18H21NO3S. The van der Waals surface area contributed by atoms with E-state index in [1.54, 1.807) is 49.6 Å². The summed E-state index contributed by atoms with van der Waals surface area (Å²) < 4.78 is 30.0. The monoisotopic (exact) mass is 331 g/mol. The molecule has 4 nitrogen and oxygen atoms in total. The fraction of sp³-hybridized carbons (Fsp3) is 0.278. The van der Waals surface area contributed by atoms with Gasteiger partial charge in [0.05, 0.1) is 23.0 Å². The fourth-order valence-electron chi connectivity index (χ4n) is 1.92. The van der Waals surface area contributed by atoms with Crippen LogP contribution >= 0.6 is 0 Å². The molecule has 0 N–H and O–H groups in total. The van der Waals surface area contributed by atoms with Gasteiger partial charge in [0.2, 0.25) is 9.84 Å². The van der Waals surface area contributed by atoms with Crippen LogP contribution in [0.25, 0.3) is 0 Å². The first-order chi connectivity index (χ1) is 10.9. The largest absolute Gasteiger partial charge is 0.497 e. The van der Waals surface area contributed by atoms with Crippen LogP contribution in [0.3, 0.4) is 0 Å². The van der Waals surface area contributed by atoms with Gasteiger partial charge in [-0.2, -0.15) is 5.26 Å². The average molecular weight is 331 g/mol. The van der Waals surface area contributed by atoms with E-state index in [1.807, 2.05) is 12.1 Å². The molecular weight excluding hydrogens is 310 g/mol. The third-order valence-corrected chi connectivity index (χ3v) is 5.01. The third-order valence-electron chi connectivity index (χ3n) is 3.23. The Morgan fingerprint density at radius 2 is 1.35 bits per heavy atom. The van der Waals surface area contributed by atoms with E-state index in [1.165, 1.54) is 6.92 Å². The first-order valence-electron chi connectivity index (χ1n) is 7.16. The molecule has 0 aromatic heterocycles. The number of rotatable bonds is 4. The molecule has 0 fully saturated rings. The molecule has 0 aliphatic rings. The van der Waals surface area contributed by atoms with Crippen LogP contribution in [-0.4, -0.2) is 15.5 Å². The topological polar surface area (TPSA) is 67.2 Å². The molecule has 2 rings (SSSR count). The highest BCUT2D eigenvalue weighted by molar-refractivity contribution is 7.91. The number of hydrogen-bond donors (Lipinski definition) is 0. The van der Waals surface area contributed by atoms with Crippen LogP contribution in [-0.2, 0) is 9.84 Å². The van der Waals surface area contributed by atoms with Crippen LogP contribution in [0.1, 0.15) is 32.3 Å². The summed E-state index contributed by atoms with van der Waals surface area (Å²) in [5, 5.41) is 7.32. The lowest BCUT2D eigenvalue weighted by atomic mass is 10.0. The number of benzene rings is 2. The van der Waals surface area contributed by atoms with Crippen molar-refractivity contribution in [2.24, 2.45) is 0 Å². The summed E-state index contributed by atoms with van der Waals surface area (Å²) >= 11 is 0. The second-order valence-electron chi connectivity index (χ2n) is 5.13. The highest BCUT2D eigenvalue weighted by Gasteiger charge is 2.17. The van der Waals surface area contributed by atoms with Crippen molar-refractivity contribution < 1.29 is 13.2 Å². The van der Waals surface area contributed by atoms with Crippen LogP contribution in [0.5, 0.6) is 5.75 Å². The van der Waals surface area contributed by atoms with E-state index in [0.29, 0.717) is 16.6 Å². The molecule has 0 spiro atoms. The molecule has 2 aromatic carbocycles. The lowest BCUT2D eigenvalue weighted by Gasteiger charge is -2.08. The van der Waals surface area contributed by atoms with Gasteiger partial charge in [0.15, 0.2) is 0 Å². The van der Waals surface area contributed by atoms with E-state index in [4.69, 9.17) is 10.00 Å². The number of sulfone groups is 1. The van der Waals surface area contributed by atoms with E-state index in [2.05, 4.69) is 13.8 Å². The Labute approximate surface area is 138 Å². The zero-order valence-corrected chi connectivity index (χ0v) is 14.6. The molecule has 0 aliphatic heterocycles. The standard InChI is InChI=1S/C16H18O3S.C2H3N/c1-12(2)13-4-8-15(9-5-13)20(17,18)16-10-6-14(19-3)7-11-16;1-2-3/h4-12H,1-3H3;1H3. The second kappa shape index (κ2) is 8.35. The van der Waals surface area contributed by atoms with Gasteiger partial charge in [-0.25, -0.2) is 8.42 Å². The molecule has 5 heteroatoms. The fourth-order valence-corrected chi connectivity index (χ4v) is 3.18. The molecule has 2 aromatic rings. The predicted molar refractivity (Wildman–Crippen MR) is 90.3 cm³/mol. The second-order valence-corrected chi connectivity index (χ2v) is 7.08. The Balaban J connectivity index is 0.000000816. The Hall–Kier alpha value is -2.32. The Morgan fingerprint density at radius 3 is 1.70 bits per heavy atom. The molecule has 0 aliphatic carbocycles. The normalized spacial score (nSPS) is 10.4. The summed E-state index contributed by atoms with van der Waals surface area (Å²) in [4.78, 5) is 0.586. The maximum absolute atomic E-state index is 12.5. The van der Waals surface area contributed by atoms with Crippen LogP contribution in [0.4, 0.5) is 0 Å². The molecule has 0 amide bonds. The minimum absolute atomic E-state index is 0.274. The van der Waals surface area contributed by atoms with Crippen LogP contribution in [0.15, 0.2) is 58.3 Å². The molecule has 0 heterocycles. The van der Waals surface area contributed by atoms with Gasteiger partial charge >= 0.3 is 0 Å². The Kier molecular flexibility index (Phi) is 6.80. The first kappa shape index (κ1) is 18.7. The zero-order valence-electron chi connectivity index (χ0n) is 13.8. The van der Waals surface area contributed by atoms with Crippen molar-refractivity contribution in [3.8, 4) is 11.8 Å². The van der Waals surface area contributed by atoms with Crippen molar-refractivity contribution in [1.82, 2.24) is 0 Å². The predicted octanol–water partition coefficient (Wildman–Crippen LogP) is 4.18. The quantitative estimate of drug-likeness (QED) is 0.843. The Morgan fingerprint density at radius 1 is 0.957 bits per heavy atom. The SMILES string of the molecule is CC#N.COc1ccc(S(=O)(=O)c2ccc(C(C)C)cc2)cc1. The molecule has 0 atom stereocenters. The smallest absolute Gasteiger partial charge is 0.206 e. The van der Waals surface area contributed by atoms with Gasteiger partial charge in [0.25, 0.3) is 0 Å². The van der Waals surface area contributed by atoms with Gasteiger partial charge in [-0.05, 0) is 47.9 Å². The van der Waals surface area contributed by atoms with Gasteiger partial charge in [0, 0.05) is 6.92 Å². The summed E-state index contributed by atoms with van der Waals surface area (Å²) in [6.07, 6.45) is 0. The average Bonchev–Trinajstić information content (AvgIpc) is 2.55. The summed E-state index contributed by atoms with van der Waals surface area (Å²) in [5.74, 6) is 1.02. The van der Waals surface area contributed by atoms with Gasteiger partial charge in [-0.3, -0.25) is 0 Å². The number of nitriles is 1. The van der Waals surface area contributed by atoms with Gasteiger partial charge < -0.3 is 4.74 Å². The van der Waals surface area contributed by atoms with Crippen molar-refractivity contribution in [2.75, 3.05) is 7.11 Å². The minimum Gasteiger partial charge on any atom is -0.497 e.